The maximum absolute atomic E-state index is 10.9. The molecular weight excluding hydrogens is 184 g/mol. The summed E-state index contributed by atoms with van der Waals surface area (Å²) in [5.74, 6) is -0.833. The number of hydrogen-bond donors (Lipinski definition) is 4. The second-order valence-corrected chi connectivity index (χ2v) is 3.90. The number of carbonyl (C=O) groups excluding carboxylic acids is 1. The van der Waals surface area contributed by atoms with Gasteiger partial charge in [-0.2, -0.15) is 0 Å². The molecule has 0 aliphatic carbocycles. The summed E-state index contributed by atoms with van der Waals surface area (Å²) < 4.78 is 0. The molecule has 6 heteroatoms. The van der Waals surface area contributed by atoms with Gasteiger partial charge in [0.25, 0.3) is 0 Å². The van der Waals surface area contributed by atoms with E-state index in [0.29, 0.717) is 0 Å². The van der Waals surface area contributed by atoms with E-state index in [9.17, 15) is 4.79 Å². The van der Waals surface area contributed by atoms with Crippen LogP contribution in [0, 0.1) is 0 Å². The van der Waals surface area contributed by atoms with Crippen molar-refractivity contribution in [1.29, 1.82) is 0 Å². The Morgan fingerprint density at radius 3 is 2.33 bits per heavy atom. The first-order valence-corrected chi connectivity index (χ1v) is 4.36. The second kappa shape index (κ2) is 3.71. The van der Waals surface area contributed by atoms with Crippen LogP contribution in [0.5, 0.6) is 0 Å². The van der Waals surface area contributed by atoms with Gasteiger partial charge in [0.2, 0.25) is 0 Å². The lowest BCUT2D eigenvalue weighted by Gasteiger charge is -2.31. The van der Waals surface area contributed by atoms with Gasteiger partial charge < -0.3 is 20.4 Å². The molecule has 1 heterocycles. The lowest BCUT2D eigenvalue weighted by atomic mass is 10.1. The molecule has 1 aliphatic rings. The molecule has 0 saturated carbocycles. The fourth-order valence-electron chi connectivity index (χ4n) is 0.969. The minimum Gasteiger partial charge on any atom is -0.395 e. The number of ketones is 1. The van der Waals surface area contributed by atoms with E-state index in [2.05, 4.69) is 0 Å². The van der Waals surface area contributed by atoms with Gasteiger partial charge in [-0.3, -0.25) is 4.79 Å². The normalized spacial score (nSPS) is 43.2. The fourth-order valence-corrected chi connectivity index (χ4v) is 1.98. The highest BCUT2D eigenvalue weighted by Crippen LogP contribution is 2.28. The van der Waals surface area contributed by atoms with Crippen molar-refractivity contribution < 1.29 is 25.2 Å². The molecule has 12 heavy (non-hydrogen) atoms. The number of Topliss-reactive ketones (excluding diaryl/α,β-unsaturated/α-hetero) is 1. The van der Waals surface area contributed by atoms with Crippen molar-refractivity contribution in [2.24, 2.45) is 0 Å². The van der Waals surface area contributed by atoms with Gasteiger partial charge in [-0.05, 0) is 0 Å². The Morgan fingerprint density at radius 1 is 1.25 bits per heavy atom. The van der Waals surface area contributed by atoms with Crippen LogP contribution in [0.1, 0.15) is 0 Å². The number of carbonyl (C=O) groups is 1. The topological polar surface area (TPSA) is 98.0 Å². The standard InChI is InChI=1S/C6H10O5S/c7-1-2-3(8)4(9)5(10)6(11)12-2/h2-3,5-8,10-11H,1H2/t2-,3+,5+,6+/m0/s1. The molecule has 5 nitrogen and oxygen atoms in total. The Hall–Kier alpha value is -0.140. The van der Waals surface area contributed by atoms with Gasteiger partial charge >= 0.3 is 0 Å². The van der Waals surface area contributed by atoms with E-state index >= 15 is 0 Å². The van der Waals surface area contributed by atoms with E-state index in [0.717, 1.165) is 11.8 Å². The molecule has 4 atom stereocenters. The molecule has 0 aromatic heterocycles. The lowest BCUT2D eigenvalue weighted by Crippen LogP contribution is -2.50. The van der Waals surface area contributed by atoms with Crippen molar-refractivity contribution in [2.45, 2.75) is 22.9 Å². The van der Waals surface area contributed by atoms with Crippen molar-refractivity contribution in [3.63, 3.8) is 0 Å². The van der Waals surface area contributed by atoms with Crippen molar-refractivity contribution in [1.82, 2.24) is 0 Å². The first-order chi connectivity index (χ1) is 5.57. The van der Waals surface area contributed by atoms with Crippen LogP contribution in [0.2, 0.25) is 0 Å². The molecule has 1 saturated heterocycles. The second-order valence-electron chi connectivity index (χ2n) is 2.54. The maximum atomic E-state index is 10.9. The largest absolute Gasteiger partial charge is 0.395 e. The zero-order valence-electron chi connectivity index (χ0n) is 6.12. The number of aliphatic hydroxyl groups is 4. The monoisotopic (exact) mass is 194 g/mol. The Morgan fingerprint density at radius 2 is 1.83 bits per heavy atom. The minimum absolute atomic E-state index is 0.401. The van der Waals surface area contributed by atoms with Gasteiger partial charge in [0.1, 0.15) is 11.5 Å². The Labute approximate surface area is 73.0 Å². The van der Waals surface area contributed by atoms with Crippen LogP contribution in [-0.4, -0.2) is 55.7 Å². The highest BCUT2D eigenvalue weighted by atomic mass is 32.2. The molecule has 0 spiro atoms. The lowest BCUT2D eigenvalue weighted by molar-refractivity contribution is -0.140. The zero-order chi connectivity index (χ0) is 9.30. The smallest absolute Gasteiger partial charge is 0.194 e. The quantitative estimate of drug-likeness (QED) is 0.375. The molecule has 0 bridgehead atoms. The van der Waals surface area contributed by atoms with E-state index in [1.54, 1.807) is 0 Å². The zero-order valence-corrected chi connectivity index (χ0v) is 6.94. The summed E-state index contributed by atoms with van der Waals surface area (Å²) in [5.41, 5.74) is -1.25. The van der Waals surface area contributed by atoms with Crippen LogP contribution in [0.15, 0.2) is 0 Å². The van der Waals surface area contributed by atoms with Crippen molar-refractivity contribution in [2.75, 3.05) is 6.61 Å². The summed E-state index contributed by atoms with van der Waals surface area (Å²) in [6.07, 6.45) is -2.94. The molecule has 0 aromatic carbocycles. The van der Waals surface area contributed by atoms with E-state index in [1.165, 1.54) is 0 Å². The number of aliphatic hydroxyl groups excluding tert-OH is 4. The summed E-state index contributed by atoms with van der Waals surface area (Å²) in [4.78, 5) is 10.9. The van der Waals surface area contributed by atoms with Gasteiger partial charge in [-0.25, -0.2) is 0 Å². The molecule has 1 rings (SSSR count). The minimum atomic E-state index is -1.55. The Bertz CT molecular complexity index is 185. The molecule has 70 valence electrons. The third kappa shape index (κ3) is 1.62. The summed E-state index contributed by atoms with van der Waals surface area (Å²) in [6, 6.07) is 0. The van der Waals surface area contributed by atoms with E-state index in [4.69, 9.17) is 20.4 Å². The van der Waals surface area contributed by atoms with Gasteiger partial charge in [-0.15, -0.1) is 11.8 Å². The molecule has 1 aliphatic heterocycles. The third-order valence-electron chi connectivity index (χ3n) is 1.70. The molecule has 0 aromatic rings. The molecule has 4 N–H and O–H groups in total. The average molecular weight is 194 g/mol. The number of rotatable bonds is 1. The summed E-state index contributed by atoms with van der Waals surface area (Å²) in [5, 5.41) is 35.0. The predicted octanol–water partition coefficient (Wildman–Crippen LogP) is -2.30. The number of hydrogen-bond acceptors (Lipinski definition) is 6. The van der Waals surface area contributed by atoms with Crippen LogP contribution in [0.25, 0.3) is 0 Å². The molecular formula is C6H10O5S. The van der Waals surface area contributed by atoms with Crippen LogP contribution in [0.3, 0.4) is 0 Å². The molecule has 0 unspecified atom stereocenters. The summed E-state index contributed by atoms with van der Waals surface area (Å²) >= 11 is 0.791. The van der Waals surface area contributed by atoms with Crippen LogP contribution in [-0.2, 0) is 4.79 Å². The Balaban J connectivity index is 2.70. The Kier molecular flexibility index (Phi) is 3.08. The molecule has 0 amide bonds. The highest BCUT2D eigenvalue weighted by Gasteiger charge is 2.41. The van der Waals surface area contributed by atoms with E-state index in [-0.39, 0.29) is 0 Å². The predicted molar refractivity (Wildman–Crippen MR) is 41.5 cm³/mol. The van der Waals surface area contributed by atoms with Crippen molar-refractivity contribution >= 4 is 17.5 Å². The van der Waals surface area contributed by atoms with E-state index in [1.807, 2.05) is 0 Å². The van der Waals surface area contributed by atoms with Gasteiger partial charge in [0.05, 0.1) is 11.9 Å². The van der Waals surface area contributed by atoms with Crippen LogP contribution in [0.4, 0.5) is 0 Å². The molecule has 0 radical (unpaired) electrons. The van der Waals surface area contributed by atoms with Gasteiger partial charge in [-0.1, -0.05) is 0 Å². The number of thioether (sulfide) groups is 1. The fraction of sp³-hybridized carbons (Fsp3) is 0.833. The first kappa shape index (κ1) is 9.94. The highest BCUT2D eigenvalue weighted by molar-refractivity contribution is 8.00. The van der Waals surface area contributed by atoms with Gasteiger partial charge in [0, 0.05) is 0 Å². The van der Waals surface area contributed by atoms with Gasteiger partial charge in [0.15, 0.2) is 11.9 Å². The SMILES string of the molecule is O=C1[C@@H](O)[C@H](O)S[C@@H](CO)[C@H]1O. The van der Waals surface area contributed by atoms with E-state index < -0.39 is 35.3 Å². The average Bonchev–Trinajstić information content (AvgIpc) is 2.08. The third-order valence-corrected chi connectivity index (χ3v) is 2.99. The first-order valence-electron chi connectivity index (χ1n) is 3.42. The molecule has 1 fully saturated rings. The summed E-state index contributed by atoms with van der Waals surface area (Å²) in [6.45, 7) is -0.401. The van der Waals surface area contributed by atoms with Crippen molar-refractivity contribution in [3.05, 3.63) is 0 Å². The summed E-state index contributed by atoms with van der Waals surface area (Å²) in [7, 11) is 0. The van der Waals surface area contributed by atoms with Crippen molar-refractivity contribution in [3.8, 4) is 0 Å². The maximum Gasteiger partial charge on any atom is 0.194 e. The van der Waals surface area contributed by atoms with Crippen LogP contribution >= 0.6 is 11.8 Å². The van der Waals surface area contributed by atoms with Crippen LogP contribution < -0.4 is 0 Å².